The highest BCUT2D eigenvalue weighted by Gasteiger charge is 2.19. The number of fused-ring (bicyclic) bond motifs is 3. The molecule has 0 spiro atoms. The van der Waals surface area contributed by atoms with Crippen LogP contribution in [-0.2, 0) is 5.75 Å². The zero-order chi connectivity index (χ0) is 23.1. The van der Waals surface area contributed by atoms with Crippen LogP contribution in [0, 0.1) is 24.0 Å². The monoisotopic (exact) mass is 457 g/mol. The molecule has 0 amide bonds. The van der Waals surface area contributed by atoms with Gasteiger partial charge in [0.2, 0.25) is 5.78 Å². The van der Waals surface area contributed by atoms with Gasteiger partial charge in [0.15, 0.2) is 5.16 Å². The first-order valence-corrected chi connectivity index (χ1v) is 11.3. The Labute approximate surface area is 192 Å². The summed E-state index contributed by atoms with van der Waals surface area (Å²) in [6.07, 6.45) is 0. The second kappa shape index (κ2) is 8.18. The standard InChI is InChI=1S/C24H19N5O3S/c1-15-6-5-9-20(16(15)2)27-22(30)19-7-3-4-8-21(19)28-23(27)25-26-24(28)33-14-17-10-12-18(13-11-17)29(31)32/h3-13H,14H2,1-2H3. The highest BCUT2D eigenvalue weighted by molar-refractivity contribution is 7.98. The van der Waals surface area contributed by atoms with Gasteiger partial charge in [0.05, 0.1) is 21.5 Å². The Morgan fingerprint density at radius 3 is 2.48 bits per heavy atom. The van der Waals surface area contributed by atoms with Crippen LogP contribution in [0.5, 0.6) is 0 Å². The van der Waals surface area contributed by atoms with Crippen molar-refractivity contribution in [2.24, 2.45) is 0 Å². The summed E-state index contributed by atoms with van der Waals surface area (Å²) >= 11 is 1.46. The molecular weight excluding hydrogens is 438 g/mol. The maximum atomic E-state index is 13.5. The molecule has 5 aromatic rings. The molecule has 5 rings (SSSR count). The first-order valence-electron chi connectivity index (χ1n) is 10.3. The highest BCUT2D eigenvalue weighted by atomic mass is 32.2. The average Bonchev–Trinajstić information content (AvgIpc) is 3.24. The molecule has 0 saturated carbocycles. The summed E-state index contributed by atoms with van der Waals surface area (Å²) in [5, 5.41) is 20.9. The van der Waals surface area contributed by atoms with Crippen LogP contribution in [-0.4, -0.2) is 24.1 Å². The quantitative estimate of drug-likeness (QED) is 0.213. The van der Waals surface area contributed by atoms with E-state index in [9.17, 15) is 14.9 Å². The van der Waals surface area contributed by atoms with Crippen molar-refractivity contribution in [1.82, 2.24) is 19.2 Å². The Bertz CT molecular complexity index is 1590. The van der Waals surface area contributed by atoms with E-state index in [1.165, 1.54) is 23.9 Å². The summed E-state index contributed by atoms with van der Waals surface area (Å²) in [7, 11) is 0. The van der Waals surface area contributed by atoms with Gasteiger partial charge in [-0.3, -0.25) is 19.3 Å². The van der Waals surface area contributed by atoms with Crippen molar-refractivity contribution in [3.05, 3.63) is 104 Å². The fraction of sp³-hybridized carbons (Fsp3) is 0.125. The first kappa shape index (κ1) is 20.9. The van der Waals surface area contributed by atoms with Crippen LogP contribution in [0.25, 0.3) is 22.4 Å². The van der Waals surface area contributed by atoms with E-state index in [4.69, 9.17) is 0 Å². The topological polar surface area (TPSA) is 95.3 Å². The molecule has 0 N–H and O–H groups in total. The SMILES string of the molecule is Cc1cccc(-n2c(=O)c3ccccc3n3c(SCc4ccc([N+](=O)[O-])cc4)nnc23)c1C. The maximum Gasteiger partial charge on any atom is 0.269 e. The van der Waals surface area contributed by atoms with Gasteiger partial charge in [-0.15, -0.1) is 10.2 Å². The van der Waals surface area contributed by atoms with Crippen molar-refractivity contribution >= 4 is 34.1 Å². The summed E-state index contributed by atoms with van der Waals surface area (Å²) in [6.45, 7) is 4.00. The number of non-ortho nitro benzene ring substituents is 1. The van der Waals surface area contributed by atoms with Gasteiger partial charge in [-0.1, -0.05) is 48.2 Å². The minimum atomic E-state index is -0.415. The molecule has 3 aromatic carbocycles. The number of nitro benzene ring substituents is 1. The highest BCUT2D eigenvalue weighted by Crippen LogP contribution is 2.27. The lowest BCUT2D eigenvalue weighted by molar-refractivity contribution is -0.384. The summed E-state index contributed by atoms with van der Waals surface area (Å²) in [5.74, 6) is 0.994. The number of thioether (sulfide) groups is 1. The molecule has 33 heavy (non-hydrogen) atoms. The Morgan fingerprint density at radius 2 is 1.73 bits per heavy atom. The van der Waals surface area contributed by atoms with E-state index in [1.807, 2.05) is 60.7 Å². The number of aromatic nitrogens is 4. The molecule has 164 valence electrons. The third-order valence-electron chi connectivity index (χ3n) is 5.73. The van der Waals surface area contributed by atoms with Gasteiger partial charge in [-0.05, 0) is 48.7 Å². The second-order valence-electron chi connectivity index (χ2n) is 7.71. The molecule has 2 heterocycles. The van der Waals surface area contributed by atoms with E-state index >= 15 is 0 Å². The molecule has 0 saturated heterocycles. The van der Waals surface area contributed by atoms with Gasteiger partial charge >= 0.3 is 0 Å². The molecule has 0 aliphatic heterocycles. The van der Waals surface area contributed by atoms with Crippen molar-refractivity contribution in [2.45, 2.75) is 24.8 Å². The number of hydrogen-bond acceptors (Lipinski definition) is 6. The van der Waals surface area contributed by atoms with E-state index in [2.05, 4.69) is 10.2 Å². The lowest BCUT2D eigenvalue weighted by Gasteiger charge is -2.14. The van der Waals surface area contributed by atoms with E-state index in [-0.39, 0.29) is 11.2 Å². The zero-order valence-corrected chi connectivity index (χ0v) is 18.7. The summed E-state index contributed by atoms with van der Waals surface area (Å²) in [6, 6.07) is 19.7. The first-order chi connectivity index (χ1) is 16.0. The fourth-order valence-electron chi connectivity index (χ4n) is 3.83. The van der Waals surface area contributed by atoms with Crippen LogP contribution < -0.4 is 5.56 Å². The van der Waals surface area contributed by atoms with Crippen molar-refractivity contribution in [3.63, 3.8) is 0 Å². The molecule has 0 unspecified atom stereocenters. The van der Waals surface area contributed by atoms with Gasteiger partial charge < -0.3 is 0 Å². The fourth-order valence-corrected chi connectivity index (χ4v) is 4.72. The van der Waals surface area contributed by atoms with Crippen LogP contribution in [0.2, 0.25) is 0 Å². The van der Waals surface area contributed by atoms with E-state index in [1.54, 1.807) is 16.7 Å². The Hall–Kier alpha value is -3.98. The smallest absolute Gasteiger partial charge is 0.268 e. The normalized spacial score (nSPS) is 11.3. The molecular formula is C24H19N5O3S. The summed E-state index contributed by atoms with van der Waals surface area (Å²) in [5.41, 5.74) is 4.42. The minimum absolute atomic E-state index is 0.0558. The number of aryl methyl sites for hydroxylation is 1. The van der Waals surface area contributed by atoms with E-state index in [0.717, 1.165) is 27.9 Å². The van der Waals surface area contributed by atoms with Gasteiger partial charge in [-0.2, -0.15) is 0 Å². The molecule has 0 aliphatic carbocycles. The number of nitrogens with zero attached hydrogens (tertiary/aromatic N) is 5. The van der Waals surface area contributed by atoms with E-state index in [0.29, 0.717) is 22.1 Å². The van der Waals surface area contributed by atoms with Crippen molar-refractivity contribution in [2.75, 3.05) is 0 Å². The van der Waals surface area contributed by atoms with E-state index < -0.39 is 4.92 Å². The predicted molar refractivity (Wildman–Crippen MR) is 128 cm³/mol. The number of benzene rings is 3. The van der Waals surface area contributed by atoms with Crippen LogP contribution in [0.15, 0.2) is 76.7 Å². The molecule has 0 fully saturated rings. The Morgan fingerprint density at radius 1 is 0.970 bits per heavy atom. The van der Waals surface area contributed by atoms with Gasteiger partial charge in [-0.25, -0.2) is 4.57 Å². The molecule has 9 heteroatoms. The number of para-hydroxylation sites is 1. The lowest BCUT2D eigenvalue weighted by atomic mass is 10.1. The lowest BCUT2D eigenvalue weighted by Crippen LogP contribution is -2.22. The third kappa shape index (κ3) is 3.56. The summed E-state index contributed by atoms with van der Waals surface area (Å²) in [4.78, 5) is 24.0. The summed E-state index contributed by atoms with van der Waals surface area (Å²) < 4.78 is 3.52. The maximum absolute atomic E-state index is 13.5. The van der Waals surface area contributed by atoms with Crippen LogP contribution in [0.1, 0.15) is 16.7 Å². The van der Waals surface area contributed by atoms with Gasteiger partial charge in [0.1, 0.15) is 0 Å². The molecule has 0 atom stereocenters. The minimum Gasteiger partial charge on any atom is -0.268 e. The number of nitro groups is 1. The molecule has 2 aromatic heterocycles. The van der Waals surface area contributed by atoms with Gasteiger partial charge in [0.25, 0.3) is 11.2 Å². The Balaban J connectivity index is 1.66. The largest absolute Gasteiger partial charge is 0.269 e. The van der Waals surface area contributed by atoms with Crippen LogP contribution in [0.4, 0.5) is 5.69 Å². The van der Waals surface area contributed by atoms with Crippen LogP contribution in [0.3, 0.4) is 0 Å². The van der Waals surface area contributed by atoms with Gasteiger partial charge in [0, 0.05) is 17.9 Å². The molecule has 0 aliphatic rings. The third-order valence-corrected chi connectivity index (χ3v) is 6.73. The van der Waals surface area contributed by atoms with Crippen LogP contribution >= 0.6 is 11.8 Å². The predicted octanol–water partition coefficient (Wildman–Crippen LogP) is 4.85. The molecule has 0 bridgehead atoms. The zero-order valence-electron chi connectivity index (χ0n) is 17.9. The second-order valence-corrected chi connectivity index (χ2v) is 8.65. The molecule has 8 nitrogen and oxygen atoms in total. The Kier molecular flexibility index (Phi) is 5.18. The molecule has 0 radical (unpaired) electrons. The number of rotatable bonds is 5. The average molecular weight is 458 g/mol. The van der Waals surface area contributed by atoms with Crippen molar-refractivity contribution < 1.29 is 4.92 Å². The van der Waals surface area contributed by atoms with Crippen molar-refractivity contribution in [1.29, 1.82) is 0 Å². The number of hydrogen-bond donors (Lipinski definition) is 0. The van der Waals surface area contributed by atoms with Crippen molar-refractivity contribution in [3.8, 4) is 5.69 Å².